The van der Waals surface area contributed by atoms with Crippen molar-refractivity contribution in [1.82, 2.24) is 9.97 Å². The summed E-state index contributed by atoms with van der Waals surface area (Å²) >= 11 is 5.74. The zero-order valence-corrected chi connectivity index (χ0v) is 9.61. The summed E-state index contributed by atoms with van der Waals surface area (Å²) in [7, 11) is 1.63. The molecule has 0 saturated carbocycles. The van der Waals surface area contributed by atoms with Crippen LogP contribution in [0.4, 0.5) is 0 Å². The van der Waals surface area contributed by atoms with E-state index in [4.69, 9.17) is 16.3 Å². The lowest BCUT2D eigenvalue weighted by molar-refractivity contribution is 0.416. The SMILES string of the molecule is COc1ccccc1-c1nccc(CCl)n1. The Hall–Kier alpha value is -1.61. The maximum absolute atomic E-state index is 5.74. The molecule has 0 fully saturated rings. The molecule has 0 N–H and O–H groups in total. The lowest BCUT2D eigenvalue weighted by Crippen LogP contribution is -1.95. The Bertz CT molecular complexity index is 488. The second-order valence-electron chi connectivity index (χ2n) is 3.21. The van der Waals surface area contributed by atoms with Crippen LogP contribution in [0.15, 0.2) is 36.5 Å². The molecule has 1 aromatic heterocycles. The topological polar surface area (TPSA) is 35.0 Å². The Morgan fingerprint density at radius 2 is 2.06 bits per heavy atom. The highest BCUT2D eigenvalue weighted by atomic mass is 35.5. The Morgan fingerprint density at radius 3 is 2.81 bits per heavy atom. The number of benzene rings is 1. The first-order valence-corrected chi connectivity index (χ1v) is 5.40. The zero-order valence-electron chi connectivity index (χ0n) is 8.85. The third kappa shape index (κ3) is 2.14. The van der Waals surface area contributed by atoms with Gasteiger partial charge in [-0.05, 0) is 18.2 Å². The zero-order chi connectivity index (χ0) is 11.4. The van der Waals surface area contributed by atoms with Crippen LogP contribution in [0.5, 0.6) is 5.75 Å². The van der Waals surface area contributed by atoms with E-state index in [1.807, 2.05) is 24.3 Å². The van der Waals surface area contributed by atoms with Crippen LogP contribution in [0.1, 0.15) is 5.69 Å². The first-order chi connectivity index (χ1) is 7.85. The predicted octanol–water partition coefficient (Wildman–Crippen LogP) is 2.89. The molecule has 3 nitrogen and oxygen atoms in total. The van der Waals surface area contributed by atoms with Gasteiger partial charge in [-0.3, -0.25) is 0 Å². The van der Waals surface area contributed by atoms with E-state index in [-0.39, 0.29) is 0 Å². The monoisotopic (exact) mass is 234 g/mol. The second-order valence-corrected chi connectivity index (χ2v) is 3.47. The van der Waals surface area contributed by atoms with Gasteiger partial charge >= 0.3 is 0 Å². The molecule has 1 aromatic carbocycles. The largest absolute Gasteiger partial charge is 0.496 e. The van der Waals surface area contributed by atoms with Gasteiger partial charge in [-0.25, -0.2) is 9.97 Å². The van der Waals surface area contributed by atoms with Crippen LogP contribution < -0.4 is 4.74 Å². The average Bonchev–Trinajstić information content (AvgIpc) is 2.38. The molecule has 2 aromatic rings. The number of alkyl halides is 1. The smallest absolute Gasteiger partial charge is 0.163 e. The van der Waals surface area contributed by atoms with Gasteiger partial charge < -0.3 is 4.74 Å². The Kier molecular flexibility index (Phi) is 3.37. The lowest BCUT2D eigenvalue weighted by Gasteiger charge is -2.07. The maximum Gasteiger partial charge on any atom is 0.163 e. The van der Waals surface area contributed by atoms with E-state index in [2.05, 4.69) is 9.97 Å². The number of hydrogen-bond acceptors (Lipinski definition) is 3. The molecular weight excluding hydrogens is 224 g/mol. The summed E-state index contributed by atoms with van der Waals surface area (Å²) < 4.78 is 5.26. The molecule has 0 aliphatic rings. The van der Waals surface area contributed by atoms with E-state index in [0.29, 0.717) is 11.7 Å². The molecule has 0 atom stereocenters. The van der Waals surface area contributed by atoms with Crippen LogP contribution in [0.25, 0.3) is 11.4 Å². The fourth-order valence-corrected chi connectivity index (χ4v) is 1.58. The molecule has 82 valence electrons. The van der Waals surface area contributed by atoms with Crippen molar-refractivity contribution in [2.24, 2.45) is 0 Å². The number of halogens is 1. The minimum atomic E-state index is 0.380. The maximum atomic E-state index is 5.74. The second kappa shape index (κ2) is 4.94. The summed E-state index contributed by atoms with van der Waals surface area (Å²) in [6, 6.07) is 9.44. The van der Waals surface area contributed by atoms with Crippen molar-refractivity contribution in [1.29, 1.82) is 0 Å². The third-order valence-corrected chi connectivity index (χ3v) is 2.47. The van der Waals surface area contributed by atoms with Gasteiger partial charge in [-0.1, -0.05) is 12.1 Å². The van der Waals surface area contributed by atoms with Crippen LogP contribution in [0, 0.1) is 0 Å². The molecule has 16 heavy (non-hydrogen) atoms. The van der Waals surface area contributed by atoms with Crippen LogP contribution in [0.3, 0.4) is 0 Å². The minimum Gasteiger partial charge on any atom is -0.496 e. The Labute approximate surface area is 99.1 Å². The van der Waals surface area contributed by atoms with Crippen LogP contribution in [-0.2, 0) is 5.88 Å². The fourth-order valence-electron chi connectivity index (χ4n) is 1.43. The van der Waals surface area contributed by atoms with Gasteiger partial charge in [0.1, 0.15) is 5.75 Å². The molecule has 0 saturated heterocycles. The van der Waals surface area contributed by atoms with E-state index in [0.717, 1.165) is 17.0 Å². The van der Waals surface area contributed by atoms with E-state index in [1.165, 1.54) is 0 Å². The van der Waals surface area contributed by atoms with Crippen molar-refractivity contribution in [3.63, 3.8) is 0 Å². The molecule has 0 unspecified atom stereocenters. The molecule has 0 radical (unpaired) electrons. The number of rotatable bonds is 3. The van der Waals surface area contributed by atoms with Crippen LogP contribution >= 0.6 is 11.6 Å². The van der Waals surface area contributed by atoms with Crippen molar-refractivity contribution in [2.75, 3.05) is 7.11 Å². The molecule has 2 rings (SSSR count). The van der Waals surface area contributed by atoms with Crippen molar-refractivity contribution in [3.05, 3.63) is 42.2 Å². The molecule has 0 amide bonds. The minimum absolute atomic E-state index is 0.380. The van der Waals surface area contributed by atoms with Gasteiger partial charge in [0.05, 0.1) is 24.2 Å². The average molecular weight is 235 g/mol. The van der Waals surface area contributed by atoms with Gasteiger partial charge in [0, 0.05) is 6.20 Å². The van der Waals surface area contributed by atoms with E-state index < -0.39 is 0 Å². The summed E-state index contributed by atoms with van der Waals surface area (Å²) in [5.41, 5.74) is 1.68. The van der Waals surface area contributed by atoms with Gasteiger partial charge in [0.15, 0.2) is 5.82 Å². The lowest BCUT2D eigenvalue weighted by atomic mass is 10.2. The quantitative estimate of drug-likeness (QED) is 0.766. The standard InChI is InChI=1S/C12H11ClN2O/c1-16-11-5-3-2-4-10(11)12-14-7-6-9(8-13)15-12/h2-7H,8H2,1H3. The first kappa shape index (κ1) is 10.9. The number of nitrogens with zero attached hydrogens (tertiary/aromatic N) is 2. The molecule has 4 heteroatoms. The van der Waals surface area contributed by atoms with Gasteiger partial charge in [0.2, 0.25) is 0 Å². The Morgan fingerprint density at radius 1 is 1.25 bits per heavy atom. The highest BCUT2D eigenvalue weighted by Gasteiger charge is 2.07. The molecule has 0 aliphatic carbocycles. The normalized spacial score (nSPS) is 10.1. The highest BCUT2D eigenvalue weighted by Crippen LogP contribution is 2.26. The third-order valence-electron chi connectivity index (χ3n) is 2.20. The number of para-hydroxylation sites is 1. The summed E-state index contributed by atoms with van der Waals surface area (Å²) in [4.78, 5) is 8.56. The molecule has 0 spiro atoms. The molecule has 1 heterocycles. The van der Waals surface area contributed by atoms with Crippen LogP contribution in [0.2, 0.25) is 0 Å². The molecule has 0 aliphatic heterocycles. The summed E-state index contributed by atoms with van der Waals surface area (Å²) in [6.07, 6.45) is 1.70. The number of hydrogen-bond donors (Lipinski definition) is 0. The number of aromatic nitrogens is 2. The van der Waals surface area contributed by atoms with Gasteiger partial charge in [0.25, 0.3) is 0 Å². The van der Waals surface area contributed by atoms with Crippen molar-refractivity contribution in [2.45, 2.75) is 5.88 Å². The van der Waals surface area contributed by atoms with E-state index >= 15 is 0 Å². The summed E-state index contributed by atoms with van der Waals surface area (Å²) in [5.74, 6) is 1.77. The summed E-state index contributed by atoms with van der Waals surface area (Å²) in [6.45, 7) is 0. The number of methoxy groups -OCH3 is 1. The fraction of sp³-hybridized carbons (Fsp3) is 0.167. The van der Waals surface area contributed by atoms with Crippen molar-refractivity contribution in [3.8, 4) is 17.1 Å². The van der Waals surface area contributed by atoms with Crippen molar-refractivity contribution >= 4 is 11.6 Å². The van der Waals surface area contributed by atoms with E-state index in [1.54, 1.807) is 19.4 Å². The van der Waals surface area contributed by atoms with E-state index in [9.17, 15) is 0 Å². The number of ether oxygens (including phenoxy) is 1. The Balaban J connectivity index is 2.49. The molecule has 0 bridgehead atoms. The van der Waals surface area contributed by atoms with Crippen molar-refractivity contribution < 1.29 is 4.74 Å². The summed E-state index contributed by atoms with van der Waals surface area (Å²) in [5, 5.41) is 0. The van der Waals surface area contributed by atoms with Crippen LogP contribution in [-0.4, -0.2) is 17.1 Å². The highest BCUT2D eigenvalue weighted by molar-refractivity contribution is 6.16. The van der Waals surface area contributed by atoms with Gasteiger partial charge in [-0.2, -0.15) is 0 Å². The van der Waals surface area contributed by atoms with Gasteiger partial charge in [-0.15, -0.1) is 11.6 Å². The predicted molar refractivity (Wildman–Crippen MR) is 63.6 cm³/mol. The molecular formula is C12H11ClN2O. The first-order valence-electron chi connectivity index (χ1n) is 4.86.